The normalized spacial score (nSPS) is 16.3. The van der Waals surface area contributed by atoms with Crippen LogP contribution in [0.2, 0.25) is 0 Å². The SMILES string of the molecule is CC[C@@H]1C[C@H](N(Cc2cc(C(F)(F)F)cc(C(F)(F)F)c2)c2ncc(OCCOC)cn2)c2cc(C(F)(F)F)ccc2N1C(=O)OCCCC(=O)O. The molecule has 0 bridgehead atoms. The van der Waals surface area contributed by atoms with E-state index in [9.17, 15) is 49.1 Å². The number of amides is 1. The van der Waals surface area contributed by atoms with E-state index in [1.54, 1.807) is 6.92 Å². The average Bonchev–Trinajstić information content (AvgIpc) is 3.07. The minimum atomic E-state index is -5.18. The molecule has 2 atom stereocenters. The fourth-order valence-electron chi connectivity index (χ4n) is 5.65. The zero-order valence-electron chi connectivity index (χ0n) is 27.6. The number of aromatic nitrogens is 2. The molecule has 3 aromatic rings. The Balaban J connectivity index is 1.89. The molecule has 1 aliphatic rings. The minimum Gasteiger partial charge on any atom is -0.488 e. The van der Waals surface area contributed by atoms with Gasteiger partial charge in [-0.15, -0.1) is 0 Å². The van der Waals surface area contributed by atoms with Gasteiger partial charge < -0.3 is 24.2 Å². The highest BCUT2D eigenvalue weighted by atomic mass is 19.4. The molecule has 1 aromatic heterocycles. The molecule has 1 aliphatic heterocycles. The Kier molecular flexibility index (Phi) is 12.5. The third-order valence-corrected chi connectivity index (χ3v) is 8.07. The van der Waals surface area contributed by atoms with Gasteiger partial charge in [0.15, 0.2) is 5.75 Å². The van der Waals surface area contributed by atoms with Gasteiger partial charge in [-0.1, -0.05) is 6.92 Å². The summed E-state index contributed by atoms with van der Waals surface area (Å²) in [4.78, 5) is 35.0. The Labute approximate surface area is 291 Å². The van der Waals surface area contributed by atoms with E-state index in [-0.39, 0.29) is 74.5 Å². The number of anilines is 2. The number of carbonyl (C=O) groups excluding carboxylic acids is 1. The van der Waals surface area contributed by atoms with Crippen LogP contribution in [0.5, 0.6) is 5.75 Å². The number of benzene rings is 2. The van der Waals surface area contributed by atoms with E-state index >= 15 is 0 Å². The molecule has 2 heterocycles. The number of alkyl halides is 9. The Bertz CT molecular complexity index is 1670. The number of methoxy groups -OCH3 is 1. The summed E-state index contributed by atoms with van der Waals surface area (Å²) in [5.74, 6) is -1.31. The van der Waals surface area contributed by atoms with Crippen LogP contribution in [0.25, 0.3) is 0 Å². The van der Waals surface area contributed by atoms with Crippen LogP contribution >= 0.6 is 0 Å². The van der Waals surface area contributed by atoms with E-state index in [1.807, 2.05) is 0 Å². The van der Waals surface area contributed by atoms with E-state index in [0.29, 0.717) is 18.2 Å². The molecule has 0 saturated heterocycles. The Morgan fingerprint density at radius 2 is 1.50 bits per heavy atom. The molecule has 2 aromatic carbocycles. The molecule has 1 amide bonds. The van der Waals surface area contributed by atoms with Crippen LogP contribution in [0.3, 0.4) is 0 Å². The number of halogens is 9. The van der Waals surface area contributed by atoms with Gasteiger partial charge in [-0.2, -0.15) is 39.5 Å². The quantitative estimate of drug-likeness (QED) is 0.136. The first-order valence-corrected chi connectivity index (χ1v) is 15.7. The lowest BCUT2D eigenvalue weighted by molar-refractivity contribution is -0.143. The summed E-state index contributed by atoms with van der Waals surface area (Å²) in [7, 11) is 1.43. The van der Waals surface area contributed by atoms with E-state index in [4.69, 9.17) is 19.3 Å². The van der Waals surface area contributed by atoms with Crippen molar-refractivity contribution in [2.75, 3.05) is 36.7 Å². The zero-order valence-corrected chi connectivity index (χ0v) is 27.6. The number of carbonyl (C=O) groups is 2. The molecule has 284 valence electrons. The minimum absolute atomic E-state index is 0.0466. The number of rotatable bonds is 13. The van der Waals surface area contributed by atoms with Gasteiger partial charge in [0.25, 0.3) is 0 Å². The second-order valence-corrected chi connectivity index (χ2v) is 11.7. The van der Waals surface area contributed by atoms with Crippen LogP contribution in [0.4, 0.5) is 55.9 Å². The number of ether oxygens (including phenoxy) is 3. The second-order valence-electron chi connectivity index (χ2n) is 11.7. The first kappa shape index (κ1) is 40.0. The highest BCUT2D eigenvalue weighted by Crippen LogP contribution is 2.46. The van der Waals surface area contributed by atoms with Gasteiger partial charge in [0.1, 0.15) is 6.61 Å². The van der Waals surface area contributed by atoms with Crippen molar-refractivity contribution in [1.82, 2.24) is 9.97 Å². The van der Waals surface area contributed by atoms with Crippen molar-refractivity contribution in [2.45, 2.75) is 69.8 Å². The maximum atomic E-state index is 14.1. The van der Waals surface area contributed by atoms with Crippen molar-refractivity contribution in [2.24, 2.45) is 0 Å². The molecule has 1 N–H and O–H groups in total. The largest absolute Gasteiger partial charge is 0.488 e. The number of carboxylic acids is 1. The number of hydrogen-bond donors (Lipinski definition) is 1. The van der Waals surface area contributed by atoms with Gasteiger partial charge in [-0.05, 0) is 66.8 Å². The molecular weight excluding hydrogens is 719 g/mol. The number of aliphatic carboxylic acids is 1. The number of carboxylic acid groups (broad SMARTS) is 1. The number of nitrogens with zero attached hydrogens (tertiary/aromatic N) is 4. The van der Waals surface area contributed by atoms with Crippen molar-refractivity contribution < 1.29 is 68.4 Å². The first-order valence-electron chi connectivity index (χ1n) is 15.7. The summed E-state index contributed by atoms with van der Waals surface area (Å²) in [6.45, 7) is 0.837. The summed E-state index contributed by atoms with van der Waals surface area (Å²) < 4.78 is 141. The lowest BCUT2D eigenvalue weighted by Crippen LogP contribution is -2.48. The molecule has 52 heavy (non-hydrogen) atoms. The van der Waals surface area contributed by atoms with Gasteiger partial charge in [0.2, 0.25) is 5.95 Å². The maximum absolute atomic E-state index is 14.1. The van der Waals surface area contributed by atoms with Gasteiger partial charge in [-0.3, -0.25) is 9.69 Å². The third-order valence-electron chi connectivity index (χ3n) is 8.07. The molecular formula is C33H33F9N4O6. The molecule has 4 rings (SSSR count). The smallest absolute Gasteiger partial charge is 0.416 e. The predicted octanol–water partition coefficient (Wildman–Crippen LogP) is 8.30. The summed E-state index contributed by atoms with van der Waals surface area (Å²) >= 11 is 0. The Hall–Kier alpha value is -4.81. The van der Waals surface area contributed by atoms with E-state index in [1.165, 1.54) is 24.4 Å². The number of fused-ring (bicyclic) bond motifs is 1. The van der Waals surface area contributed by atoms with Crippen LogP contribution < -0.4 is 14.5 Å². The van der Waals surface area contributed by atoms with Crippen LogP contribution in [-0.4, -0.2) is 60.1 Å². The van der Waals surface area contributed by atoms with Crippen molar-refractivity contribution in [1.29, 1.82) is 0 Å². The van der Waals surface area contributed by atoms with Crippen molar-refractivity contribution in [3.8, 4) is 5.75 Å². The van der Waals surface area contributed by atoms with Gasteiger partial charge >= 0.3 is 30.6 Å². The maximum Gasteiger partial charge on any atom is 0.416 e. The van der Waals surface area contributed by atoms with Crippen molar-refractivity contribution >= 4 is 23.7 Å². The lowest BCUT2D eigenvalue weighted by Gasteiger charge is -2.44. The van der Waals surface area contributed by atoms with Crippen LogP contribution in [0.1, 0.15) is 66.5 Å². The fraction of sp³-hybridized carbons (Fsp3) is 0.455. The summed E-state index contributed by atoms with van der Waals surface area (Å²) in [6, 6.07) is 1.35. The molecule has 10 nitrogen and oxygen atoms in total. The molecule has 0 saturated carbocycles. The van der Waals surface area contributed by atoms with Crippen LogP contribution in [-0.2, 0) is 39.3 Å². The molecule has 0 spiro atoms. The second kappa shape index (κ2) is 16.2. The van der Waals surface area contributed by atoms with E-state index in [2.05, 4.69) is 9.97 Å². The summed E-state index contributed by atoms with van der Waals surface area (Å²) in [5, 5.41) is 8.90. The summed E-state index contributed by atoms with van der Waals surface area (Å²) in [6.07, 6.45) is -14.3. The Morgan fingerprint density at radius 1 is 0.885 bits per heavy atom. The lowest BCUT2D eigenvalue weighted by atomic mass is 9.87. The number of hydrogen-bond acceptors (Lipinski definition) is 8. The van der Waals surface area contributed by atoms with Crippen molar-refractivity contribution in [3.05, 3.63) is 76.6 Å². The molecule has 0 aliphatic carbocycles. The van der Waals surface area contributed by atoms with Gasteiger partial charge in [0.05, 0.1) is 54.0 Å². The standard InChI is InChI=1S/C33H33F9N4O6/c1-3-23-15-27(25-14-20(31(34,35)36)6-7-26(25)46(23)30(49)52-8-4-5-28(47)48)45(29-43-16-24(17-44-29)51-10-9-50-2)18-19-11-21(32(37,38)39)13-22(12-19)33(40,41)42/h6-7,11-14,16-17,23,27H,3-5,8-10,15,18H2,1-2H3,(H,47,48)/t23-,27+/m1/s1. The zero-order chi connectivity index (χ0) is 38.4. The monoisotopic (exact) mass is 752 g/mol. The third kappa shape index (κ3) is 9.95. The van der Waals surface area contributed by atoms with E-state index in [0.717, 1.165) is 17.0 Å². The average molecular weight is 753 g/mol. The van der Waals surface area contributed by atoms with Gasteiger partial charge in [-0.25, -0.2) is 14.8 Å². The highest BCUT2D eigenvalue weighted by Gasteiger charge is 2.42. The van der Waals surface area contributed by atoms with E-state index < -0.39 is 71.5 Å². The summed E-state index contributed by atoms with van der Waals surface area (Å²) in [5.41, 5.74) is -5.12. The molecule has 19 heteroatoms. The van der Waals surface area contributed by atoms with Crippen molar-refractivity contribution in [3.63, 3.8) is 0 Å². The van der Waals surface area contributed by atoms with Gasteiger partial charge in [0, 0.05) is 26.1 Å². The van der Waals surface area contributed by atoms with Crippen LogP contribution in [0.15, 0.2) is 48.8 Å². The topological polar surface area (TPSA) is 114 Å². The fourth-order valence-corrected chi connectivity index (χ4v) is 5.65. The Morgan fingerprint density at radius 3 is 2.04 bits per heavy atom. The molecule has 0 unspecified atom stereocenters. The first-order chi connectivity index (χ1) is 24.3. The molecule has 0 fully saturated rings. The highest BCUT2D eigenvalue weighted by molar-refractivity contribution is 5.90. The predicted molar refractivity (Wildman–Crippen MR) is 166 cm³/mol. The van der Waals surface area contributed by atoms with Crippen LogP contribution in [0, 0.1) is 0 Å². The molecule has 0 radical (unpaired) electrons.